The lowest BCUT2D eigenvalue weighted by Crippen LogP contribution is -2.51. The molecule has 0 saturated carbocycles. The van der Waals surface area contributed by atoms with Crippen molar-refractivity contribution in [2.45, 2.75) is 25.3 Å². The quantitative estimate of drug-likeness (QED) is 0.729. The third-order valence-electron chi connectivity index (χ3n) is 3.86. The molecule has 0 aliphatic carbocycles. The van der Waals surface area contributed by atoms with Crippen molar-refractivity contribution in [3.8, 4) is 0 Å². The highest BCUT2D eigenvalue weighted by molar-refractivity contribution is 5.97. The van der Waals surface area contributed by atoms with Gasteiger partial charge < -0.3 is 20.1 Å². The molecule has 6 nitrogen and oxygen atoms in total. The first kappa shape index (κ1) is 17.4. The van der Waals surface area contributed by atoms with E-state index in [1.807, 2.05) is 6.07 Å². The summed E-state index contributed by atoms with van der Waals surface area (Å²) in [5.74, 6) is -0.322. The zero-order valence-electron chi connectivity index (χ0n) is 13.2. The lowest BCUT2D eigenvalue weighted by molar-refractivity contribution is -0.137. The van der Waals surface area contributed by atoms with Crippen molar-refractivity contribution in [2.24, 2.45) is 0 Å². The van der Waals surface area contributed by atoms with Crippen molar-refractivity contribution < 1.29 is 19.4 Å². The number of carbonyl (C=O) groups excluding carboxylic acids is 2. The summed E-state index contributed by atoms with van der Waals surface area (Å²) in [4.78, 5) is 26.7. The topological polar surface area (TPSA) is 78.9 Å². The van der Waals surface area contributed by atoms with Crippen molar-refractivity contribution >= 4 is 11.8 Å². The number of carbonyl (C=O) groups is 2. The Hall–Kier alpha value is -1.92. The Morgan fingerprint density at radius 3 is 2.52 bits per heavy atom. The molecule has 1 aromatic carbocycles. The molecule has 0 aromatic heterocycles. The molecule has 1 saturated heterocycles. The molecule has 1 aliphatic heterocycles. The van der Waals surface area contributed by atoms with Gasteiger partial charge in [0.1, 0.15) is 6.04 Å². The van der Waals surface area contributed by atoms with Crippen molar-refractivity contribution in [3.63, 3.8) is 0 Å². The van der Waals surface area contributed by atoms with Gasteiger partial charge in [-0.05, 0) is 31.4 Å². The summed E-state index contributed by atoms with van der Waals surface area (Å²) in [6.45, 7) is 2.25. The smallest absolute Gasteiger partial charge is 0.251 e. The second-order valence-corrected chi connectivity index (χ2v) is 5.55. The summed E-state index contributed by atoms with van der Waals surface area (Å²) in [6, 6.07) is 8.30. The zero-order valence-corrected chi connectivity index (χ0v) is 13.2. The first-order valence-electron chi connectivity index (χ1n) is 8.05. The average molecular weight is 320 g/mol. The average Bonchev–Trinajstić information content (AvgIpc) is 2.62. The van der Waals surface area contributed by atoms with Crippen molar-refractivity contribution in [1.29, 1.82) is 0 Å². The standard InChI is InChI=1S/C17H24N2O4/c20-11-5-4-8-15(17(22)19-9-12-23-13-10-19)18-16(21)14-6-2-1-3-7-14/h1-3,6-7,15,20H,4-5,8-13H2,(H,18,21). The monoisotopic (exact) mass is 320 g/mol. The molecular weight excluding hydrogens is 296 g/mol. The number of benzene rings is 1. The van der Waals surface area contributed by atoms with Crippen LogP contribution in [0.25, 0.3) is 0 Å². The number of morpholine rings is 1. The van der Waals surface area contributed by atoms with Crippen LogP contribution in [0.15, 0.2) is 30.3 Å². The van der Waals surface area contributed by atoms with Crippen LogP contribution in [0.1, 0.15) is 29.6 Å². The van der Waals surface area contributed by atoms with Gasteiger partial charge in [0.2, 0.25) is 5.91 Å². The van der Waals surface area contributed by atoms with Gasteiger partial charge in [-0.2, -0.15) is 0 Å². The molecule has 126 valence electrons. The highest BCUT2D eigenvalue weighted by atomic mass is 16.5. The summed E-state index contributed by atoms with van der Waals surface area (Å²) in [7, 11) is 0. The maximum atomic E-state index is 12.7. The van der Waals surface area contributed by atoms with Crippen LogP contribution in [0.4, 0.5) is 0 Å². The highest BCUT2D eigenvalue weighted by Gasteiger charge is 2.27. The molecule has 1 aromatic rings. The number of nitrogens with one attached hydrogen (secondary N) is 1. The van der Waals surface area contributed by atoms with Crippen LogP contribution in [0.2, 0.25) is 0 Å². The minimum atomic E-state index is -0.563. The van der Waals surface area contributed by atoms with Gasteiger partial charge in [-0.1, -0.05) is 18.2 Å². The fourth-order valence-electron chi connectivity index (χ4n) is 2.55. The number of hydrogen-bond donors (Lipinski definition) is 2. The largest absolute Gasteiger partial charge is 0.396 e. The molecule has 1 atom stereocenters. The zero-order chi connectivity index (χ0) is 16.5. The van der Waals surface area contributed by atoms with E-state index in [-0.39, 0.29) is 18.4 Å². The molecule has 6 heteroatoms. The van der Waals surface area contributed by atoms with Gasteiger partial charge in [0, 0.05) is 25.3 Å². The van der Waals surface area contributed by atoms with Gasteiger partial charge >= 0.3 is 0 Å². The molecule has 1 aliphatic rings. The Balaban J connectivity index is 2.00. The van der Waals surface area contributed by atoms with Gasteiger partial charge in [0.15, 0.2) is 0 Å². The number of amides is 2. The lowest BCUT2D eigenvalue weighted by atomic mass is 10.1. The molecule has 1 heterocycles. The van der Waals surface area contributed by atoms with E-state index in [2.05, 4.69) is 5.32 Å². The number of hydrogen-bond acceptors (Lipinski definition) is 4. The minimum absolute atomic E-state index is 0.0736. The van der Waals surface area contributed by atoms with Crippen LogP contribution in [-0.2, 0) is 9.53 Å². The number of unbranched alkanes of at least 4 members (excludes halogenated alkanes) is 1. The number of nitrogens with zero attached hydrogens (tertiary/aromatic N) is 1. The van der Waals surface area contributed by atoms with E-state index in [1.54, 1.807) is 29.2 Å². The molecule has 1 unspecified atom stereocenters. The van der Waals surface area contributed by atoms with Crippen LogP contribution in [0.5, 0.6) is 0 Å². The van der Waals surface area contributed by atoms with E-state index in [0.717, 1.165) is 0 Å². The molecule has 23 heavy (non-hydrogen) atoms. The number of ether oxygens (including phenoxy) is 1. The van der Waals surface area contributed by atoms with E-state index in [9.17, 15) is 9.59 Å². The van der Waals surface area contributed by atoms with Gasteiger partial charge in [0.05, 0.1) is 13.2 Å². The minimum Gasteiger partial charge on any atom is -0.396 e. The first-order chi connectivity index (χ1) is 11.2. The third-order valence-corrected chi connectivity index (χ3v) is 3.86. The molecule has 0 bridgehead atoms. The van der Waals surface area contributed by atoms with E-state index in [1.165, 1.54) is 0 Å². The van der Waals surface area contributed by atoms with E-state index in [4.69, 9.17) is 9.84 Å². The van der Waals surface area contributed by atoms with Crippen LogP contribution in [0, 0.1) is 0 Å². The molecule has 2 rings (SSSR count). The normalized spacial score (nSPS) is 16.0. The van der Waals surface area contributed by atoms with Gasteiger partial charge in [-0.3, -0.25) is 9.59 Å². The number of aliphatic hydroxyl groups excluding tert-OH is 1. The first-order valence-corrected chi connectivity index (χ1v) is 8.05. The van der Waals surface area contributed by atoms with Gasteiger partial charge in [-0.25, -0.2) is 0 Å². The van der Waals surface area contributed by atoms with Crippen molar-refractivity contribution in [3.05, 3.63) is 35.9 Å². The van der Waals surface area contributed by atoms with E-state index < -0.39 is 6.04 Å². The van der Waals surface area contributed by atoms with Crippen LogP contribution in [0.3, 0.4) is 0 Å². The Kier molecular flexibility index (Phi) is 7.03. The molecule has 0 radical (unpaired) electrons. The summed E-state index contributed by atoms with van der Waals surface area (Å²) >= 11 is 0. The third kappa shape index (κ3) is 5.33. The van der Waals surface area contributed by atoms with E-state index in [0.29, 0.717) is 51.1 Å². The highest BCUT2D eigenvalue weighted by Crippen LogP contribution is 2.09. The molecule has 0 spiro atoms. The Bertz CT molecular complexity index is 501. The van der Waals surface area contributed by atoms with Crippen LogP contribution >= 0.6 is 0 Å². The Morgan fingerprint density at radius 1 is 1.17 bits per heavy atom. The van der Waals surface area contributed by atoms with E-state index >= 15 is 0 Å². The van der Waals surface area contributed by atoms with Crippen LogP contribution < -0.4 is 5.32 Å². The summed E-state index contributed by atoms with van der Waals surface area (Å²) in [5, 5.41) is 11.8. The number of aliphatic hydroxyl groups is 1. The lowest BCUT2D eigenvalue weighted by Gasteiger charge is -2.30. The second-order valence-electron chi connectivity index (χ2n) is 5.55. The summed E-state index contributed by atoms with van der Waals surface area (Å²) in [5.41, 5.74) is 0.537. The van der Waals surface area contributed by atoms with Crippen LogP contribution in [-0.4, -0.2) is 60.8 Å². The maximum Gasteiger partial charge on any atom is 0.251 e. The fourth-order valence-corrected chi connectivity index (χ4v) is 2.55. The summed E-state index contributed by atoms with van der Waals surface area (Å²) < 4.78 is 5.26. The SMILES string of the molecule is O=C(NC(CCCCO)C(=O)N1CCOCC1)c1ccccc1. The Labute approximate surface area is 136 Å². The molecular formula is C17H24N2O4. The molecule has 2 amide bonds. The number of rotatable bonds is 7. The fraction of sp³-hybridized carbons (Fsp3) is 0.529. The summed E-state index contributed by atoms with van der Waals surface area (Å²) in [6.07, 6.45) is 1.83. The maximum absolute atomic E-state index is 12.7. The van der Waals surface area contributed by atoms with Crippen molar-refractivity contribution in [2.75, 3.05) is 32.9 Å². The second kappa shape index (κ2) is 9.27. The predicted molar refractivity (Wildman–Crippen MR) is 86.0 cm³/mol. The predicted octanol–water partition coefficient (Wildman–Crippen LogP) is 0.806. The van der Waals surface area contributed by atoms with Gasteiger partial charge in [-0.15, -0.1) is 0 Å². The molecule has 2 N–H and O–H groups in total. The Morgan fingerprint density at radius 2 is 1.87 bits per heavy atom. The van der Waals surface area contributed by atoms with Crippen molar-refractivity contribution in [1.82, 2.24) is 10.2 Å². The molecule has 1 fully saturated rings. The van der Waals surface area contributed by atoms with Gasteiger partial charge in [0.25, 0.3) is 5.91 Å².